The van der Waals surface area contributed by atoms with Crippen LogP contribution in [-0.4, -0.2) is 28.1 Å². The second-order valence-electron chi connectivity index (χ2n) is 3.10. The quantitative estimate of drug-likeness (QED) is 0.212. The van der Waals surface area contributed by atoms with Gasteiger partial charge in [-0.05, 0) is 0 Å². The molecule has 0 aromatic heterocycles. The van der Waals surface area contributed by atoms with Crippen molar-refractivity contribution < 1.29 is 19.4 Å². The van der Waals surface area contributed by atoms with Crippen molar-refractivity contribution in [2.45, 2.75) is 25.4 Å². The van der Waals surface area contributed by atoms with E-state index in [9.17, 15) is 25.0 Å². The van der Waals surface area contributed by atoms with E-state index in [0.29, 0.717) is 0 Å². The predicted molar refractivity (Wildman–Crippen MR) is 51.4 cm³/mol. The maximum Gasteiger partial charge on any atom is 0.488 e. The molecule has 0 aliphatic carbocycles. The van der Waals surface area contributed by atoms with Crippen LogP contribution in [0.2, 0.25) is 0 Å². The van der Waals surface area contributed by atoms with Gasteiger partial charge in [0.25, 0.3) is 0 Å². The van der Waals surface area contributed by atoms with E-state index < -0.39 is 28.1 Å². The highest BCUT2D eigenvalue weighted by Crippen LogP contribution is 2.11. The molecule has 0 aromatic rings. The summed E-state index contributed by atoms with van der Waals surface area (Å²) in [5.41, 5.74) is -2.52. The first-order valence-electron chi connectivity index (χ1n) is 4.22. The van der Waals surface area contributed by atoms with Gasteiger partial charge in [0.2, 0.25) is 6.61 Å². The molecular formula is C8H10N2O6. The molecule has 88 valence electrons. The third-order valence-corrected chi connectivity index (χ3v) is 1.77. The molecule has 0 saturated carbocycles. The fourth-order valence-electron chi connectivity index (χ4n) is 0.636. The standard InChI is InChI=1S/C8H10N2O6/c1-3-4-5-7(11)16-6-8(2,9(12)13)10(14)15/h1H,4-6H2,2H3. The lowest BCUT2D eigenvalue weighted by Crippen LogP contribution is -2.47. The summed E-state index contributed by atoms with van der Waals surface area (Å²) in [6, 6.07) is 0. The SMILES string of the molecule is C#CCCC(=O)OCC(C)([N+](=O)[O-])[N+](=O)[O-]. The van der Waals surface area contributed by atoms with E-state index in [1.807, 2.05) is 0 Å². The van der Waals surface area contributed by atoms with Crippen LogP contribution in [0, 0.1) is 32.6 Å². The number of nitrogens with zero attached hydrogens (tertiary/aromatic N) is 2. The summed E-state index contributed by atoms with van der Waals surface area (Å²) in [7, 11) is 0. The van der Waals surface area contributed by atoms with Gasteiger partial charge in [-0.15, -0.1) is 12.3 Å². The van der Waals surface area contributed by atoms with Crippen LogP contribution in [0.4, 0.5) is 0 Å². The molecule has 0 amide bonds. The highest BCUT2D eigenvalue weighted by molar-refractivity contribution is 5.69. The molecule has 16 heavy (non-hydrogen) atoms. The Morgan fingerprint density at radius 2 is 1.94 bits per heavy atom. The van der Waals surface area contributed by atoms with Gasteiger partial charge < -0.3 is 4.74 Å². The highest BCUT2D eigenvalue weighted by Gasteiger charge is 2.52. The van der Waals surface area contributed by atoms with E-state index in [-0.39, 0.29) is 12.8 Å². The van der Waals surface area contributed by atoms with Gasteiger partial charge in [0.1, 0.15) is 9.85 Å². The summed E-state index contributed by atoms with van der Waals surface area (Å²) < 4.78 is 4.41. The van der Waals surface area contributed by atoms with Gasteiger partial charge in [0.05, 0.1) is 13.3 Å². The lowest BCUT2D eigenvalue weighted by molar-refractivity contribution is -0.793. The van der Waals surface area contributed by atoms with Crippen LogP contribution in [-0.2, 0) is 9.53 Å². The molecule has 0 heterocycles. The Morgan fingerprint density at radius 1 is 1.44 bits per heavy atom. The number of esters is 1. The predicted octanol–water partition coefficient (Wildman–Crippen LogP) is 0.213. The van der Waals surface area contributed by atoms with Crippen LogP contribution >= 0.6 is 0 Å². The summed E-state index contributed by atoms with van der Waals surface area (Å²) in [6.07, 6.45) is 4.88. The van der Waals surface area contributed by atoms with Gasteiger partial charge in [-0.2, -0.15) is 0 Å². The van der Waals surface area contributed by atoms with Crippen LogP contribution in [0.25, 0.3) is 0 Å². The van der Waals surface area contributed by atoms with E-state index >= 15 is 0 Å². The second kappa shape index (κ2) is 5.65. The lowest BCUT2D eigenvalue weighted by atomic mass is 10.2. The zero-order valence-corrected chi connectivity index (χ0v) is 8.54. The van der Waals surface area contributed by atoms with Crippen molar-refractivity contribution in [2.75, 3.05) is 6.61 Å². The number of carbonyl (C=O) groups is 1. The third-order valence-electron chi connectivity index (χ3n) is 1.77. The number of hydrogen-bond acceptors (Lipinski definition) is 6. The normalized spacial score (nSPS) is 10.2. The van der Waals surface area contributed by atoms with Crippen LogP contribution in [0.5, 0.6) is 0 Å². The van der Waals surface area contributed by atoms with E-state index in [1.165, 1.54) is 0 Å². The molecule has 0 aliphatic heterocycles. The van der Waals surface area contributed by atoms with Crippen LogP contribution in [0.15, 0.2) is 0 Å². The molecule has 0 spiro atoms. The average Bonchev–Trinajstić information content (AvgIpc) is 2.22. The molecule has 0 atom stereocenters. The first kappa shape index (κ1) is 13.8. The van der Waals surface area contributed by atoms with Gasteiger partial charge in [0.15, 0.2) is 0 Å². The molecule has 0 bridgehead atoms. The highest BCUT2D eigenvalue weighted by atomic mass is 16.7. The molecule has 0 aliphatic rings. The van der Waals surface area contributed by atoms with Gasteiger partial charge in [-0.3, -0.25) is 25.0 Å². The largest absolute Gasteiger partial charge is 0.488 e. The van der Waals surface area contributed by atoms with Crippen LogP contribution in [0.1, 0.15) is 19.8 Å². The van der Waals surface area contributed by atoms with Gasteiger partial charge in [-0.1, -0.05) is 0 Å². The maximum absolute atomic E-state index is 10.9. The first-order chi connectivity index (χ1) is 7.34. The topological polar surface area (TPSA) is 113 Å². The fourth-order valence-corrected chi connectivity index (χ4v) is 0.636. The minimum Gasteiger partial charge on any atom is -0.450 e. The minimum atomic E-state index is -2.52. The molecule has 0 rings (SSSR count). The summed E-state index contributed by atoms with van der Waals surface area (Å²) in [6.45, 7) is -0.155. The van der Waals surface area contributed by atoms with Crippen molar-refractivity contribution >= 4 is 5.97 Å². The Bertz CT molecular complexity index is 331. The Hall–Kier alpha value is -2.17. The molecule has 0 radical (unpaired) electrons. The zero-order chi connectivity index (χ0) is 12.8. The third kappa shape index (κ3) is 3.53. The average molecular weight is 230 g/mol. The lowest BCUT2D eigenvalue weighted by Gasteiger charge is -2.12. The van der Waals surface area contributed by atoms with Crippen molar-refractivity contribution in [1.29, 1.82) is 0 Å². The molecule has 0 unspecified atom stereocenters. The van der Waals surface area contributed by atoms with Crippen molar-refractivity contribution in [3.63, 3.8) is 0 Å². The maximum atomic E-state index is 10.9. The number of hydrogen-bond donors (Lipinski definition) is 0. The molecule has 0 aromatic carbocycles. The summed E-state index contributed by atoms with van der Waals surface area (Å²) in [5, 5.41) is 20.9. The van der Waals surface area contributed by atoms with Crippen molar-refractivity contribution in [3.05, 3.63) is 20.2 Å². The molecule has 0 N–H and O–H groups in total. The smallest absolute Gasteiger partial charge is 0.450 e. The number of carbonyl (C=O) groups excluding carboxylic acids is 1. The Labute approximate surface area is 90.9 Å². The molecule has 0 fully saturated rings. The van der Waals surface area contributed by atoms with E-state index in [1.54, 1.807) is 0 Å². The monoisotopic (exact) mass is 230 g/mol. The Morgan fingerprint density at radius 3 is 2.31 bits per heavy atom. The zero-order valence-electron chi connectivity index (χ0n) is 8.54. The Kier molecular flexibility index (Phi) is 4.88. The fraction of sp³-hybridized carbons (Fsp3) is 0.625. The number of nitro groups is 2. The van der Waals surface area contributed by atoms with E-state index in [4.69, 9.17) is 6.42 Å². The molecule has 8 nitrogen and oxygen atoms in total. The van der Waals surface area contributed by atoms with Crippen LogP contribution in [0.3, 0.4) is 0 Å². The van der Waals surface area contributed by atoms with Gasteiger partial charge in [0, 0.05) is 6.42 Å². The van der Waals surface area contributed by atoms with Crippen molar-refractivity contribution in [3.8, 4) is 12.3 Å². The van der Waals surface area contributed by atoms with E-state index in [0.717, 1.165) is 6.92 Å². The summed E-state index contributed by atoms with van der Waals surface area (Å²) >= 11 is 0. The van der Waals surface area contributed by atoms with Gasteiger partial charge >= 0.3 is 11.6 Å². The Balaban J connectivity index is 4.36. The van der Waals surface area contributed by atoms with E-state index in [2.05, 4.69) is 10.7 Å². The molecular weight excluding hydrogens is 220 g/mol. The first-order valence-corrected chi connectivity index (χ1v) is 4.22. The van der Waals surface area contributed by atoms with Gasteiger partial charge in [-0.25, -0.2) is 0 Å². The number of rotatable bonds is 6. The summed E-state index contributed by atoms with van der Waals surface area (Å²) in [5.74, 6) is 1.37. The molecule has 0 saturated heterocycles. The summed E-state index contributed by atoms with van der Waals surface area (Å²) in [4.78, 5) is 29.6. The van der Waals surface area contributed by atoms with Crippen molar-refractivity contribution in [2.24, 2.45) is 0 Å². The number of terminal acetylenes is 1. The second-order valence-corrected chi connectivity index (χ2v) is 3.10. The number of ether oxygens (including phenoxy) is 1. The van der Waals surface area contributed by atoms with Crippen LogP contribution < -0.4 is 0 Å². The minimum absolute atomic E-state index is 0.118. The molecule has 8 heteroatoms. The van der Waals surface area contributed by atoms with Crippen molar-refractivity contribution in [1.82, 2.24) is 0 Å².